The summed E-state index contributed by atoms with van der Waals surface area (Å²) in [6.07, 6.45) is 0.444. The number of hydrogen-bond donors (Lipinski definition) is 0. The highest BCUT2D eigenvalue weighted by molar-refractivity contribution is 5.28. The summed E-state index contributed by atoms with van der Waals surface area (Å²) in [6, 6.07) is 9.87. The summed E-state index contributed by atoms with van der Waals surface area (Å²) >= 11 is 0. The van der Waals surface area contributed by atoms with E-state index in [1.165, 1.54) is 0 Å². The van der Waals surface area contributed by atoms with Gasteiger partial charge in [0.2, 0.25) is 0 Å². The molecule has 21 heavy (non-hydrogen) atoms. The molecule has 4 nitrogen and oxygen atoms in total. The second kappa shape index (κ2) is 10.2. The molecule has 0 heterocycles. The van der Waals surface area contributed by atoms with E-state index in [1.54, 1.807) is 7.11 Å². The fourth-order valence-corrected chi connectivity index (χ4v) is 2.12. The highest BCUT2D eigenvalue weighted by atomic mass is 16.5. The molecule has 0 unspecified atom stereocenters. The lowest BCUT2D eigenvalue weighted by molar-refractivity contribution is 0.127. The molecule has 1 aromatic carbocycles. The summed E-state index contributed by atoms with van der Waals surface area (Å²) in [5.41, 5.74) is 1.02. The summed E-state index contributed by atoms with van der Waals surface area (Å²) in [5, 5.41) is 8.64. The lowest BCUT2D eigenvalue weighted by Crippen LogP contribution is -2.34. The van der Waals surface area contributed by atoms with Gasteiger partial charge in [-0.15, -0.1) is 0 Å². The third kappa shape index (κ3) is 7.69. The van der Waals surface area contributed by atoms with E-state index < -0.39 is 0 Å². The van der Waals surface area contributed by atoms with Crippen molar-refractivity contribution < 1.29 is 9.47 Å². The molecule has 1 aromatic rings. The predicted octanol–water partition coefficient (Wildman–Crippen LogP) is 2.74. The molecule has 1 rings (SSSR count). The zero-order valence-corrected chi connectivity index (χ0v) is 13.3. The zero-order chi connectivity index (χ0) is 15.5. The first-order valence-corrected chi connectivity index (χ1v) is 7.45. The Morgan fingerprint density at radius 1 is 1.14 bits per heavy atom. The van der Waals surface area contributed by atoms with Crippen LogP contribution in [-0.2, 0) is 11.2 Å². The van der Waals surface area contributed by atoms with E-state index in [2.05, 4.69) is 24.8 Å². The Balaban J connectivity index is 2.36. The van der Waals surface area contributed by atoms with Crippen molar-refractivity contribution >= 4 is 0 Å². The zero-order valence-electron chi connectivity index (χ0n) is 13.3. The summed E-state index contributed by atoms with van der Waals surface area (Å²) in [7, 11) is 1.73. The Labute approximate surface area is 128 Å². The maximum atomic E-state index is 8.64. The van der Waals surface area contributed by atoms with Crippen molar-refractivity contribution in [3.05, 3.63) is 29.8 Å². The summed E-state index contributed by atoms with van der Waals surface area (Å²) in [6.45, 7) is 8.71. The van der Waals surface area contributed by atoms with Crippen LogP contribution in [0.2, 0.25) is 0 Å². The van der Waals surface area contributed by atoms with Crippen molar-refractivity contribution in [1.82, 2.24) is 4.90 Å². The Hall–Kier alpha value is -1.57. The topological polar surface area (TPSA) is 45.5 Å². The molecule has 4 heteroatoms. The van der Waals surface area contributed by atoms with Gasteiger partial charge in [0.25, 0.3) is 0 Å². The first kappa shape index (κ1) is 17.5. The Morgan fingerprint density at radius 3 is 2.38 bits per heavy atom. The van der Waals surface area contributed by atoms with Crippen molar-refractivity contribution in [3.8, 4) is 11.8 Å². The molecule has 0 spiro atoms. The van der Waals surface area contributed by atoms with Crippen molar-refractivity contribution in [1.29, 1.82) is 5.26 Å². The van der Waals surface area contributed by atoms with E-state index in [0.717, 1.165) is 37.6 Å². The van der Waals surface area contributed by atoms with Crippen molar-refractivity contribution in [2.24, 2.45) is 5.92 Å². The molecule has 0 fully saturated rings. The maximum absolute atomic E-state index is 8.64. The van der Waals surface area contributed by atoms with Gasteiger partial charge in [-0.25, -0.2) is 0 Å². The molecule has 0 saturated carbocycles. The fraction of sp³-hybridized carbons (Fsp3) is 0.588. The average Bonchev–Trinajstić information content (AvgIpc) is 2.46. The van der Waals surface area contributed by atoms with Crippen LogP contribution in [0.1, 0.15) is 19.4 Å². The van der Waals surface area contributed by atoms with E-state index in [1.807, 2.05) is 24.3 Å². The molecular formula is C17H26N2O2. The van der Waals surface area contributed by atoms with E-state index in [4.69, 9.17) is 14.7 Å². The molecule has 0 aromatic heterocycles. The highest BCUT2D eigenvalue weighted by Crippen LogP contribution is 2.12. The van der Waals surface area contributed by atoms with Gasteiger partial charge in [0, 0.05) is 26.7 Å². The van der Waals surface area contributed by atoms with Crippen LogP contribution in [0.5, 0.6) is 5.75 Å². The molecule has 0 bridgehead atoms. The molecule has 0 N–H and O–H groups in total. The molecule has 0 aliphatic carbocycles. The van der Waals surface area contributed by atoms with Crippen LogP contribution < -0.4 is 4.74 Å². The third-order valence-electron chi connectivity index (χ3n) is 3.12. The molecular weight excluding hydrogens is 264 g/mol. The van der Waals surface area contributed by atoms with Crippen molar-refractivity contribution in [2.45, 2.75) is 20.3 Å². The Morgan fingerprint density at radius 2 is 1.81 bits per heavy atom. The number of benzene rings is 1. The van der Waals surface area contributed by atoms with Crippen LogP contribution in [0.15, 0.2) is 24.3 Å². The van der Waals surface area contributed by atoms with Gasteiger partial charge in [-0.2, -0.15) is 5.26 Å². The van der Waals surface area contributed by atoms with E-state index in [-0.39, 0.29) is 0 Å². The first-order valence-electron chi connectivity index (χ1n) is 7.45. The summed E-state index contributed by atoms with van der Waals surface area (Å²) in [5.74, 6) is 1.49. The smallest absolute Gasteiger partial charge is 0.119 e. The molecule has 0 saturated heterocycles. The maximum Gasteiger partial charge on any atom is 0.119 e. The minimum absolute atomic E-state index is 0.444. The minimum atomic E-state index is 0.444. The third-order valence-corrected chi connectivity index (χ3v) is 3.12. The van der Waals surface area contributed by atoms with E-state index in [0.29, 0.717) is 18.9 Å². The molecule has 116 valence electrons. The lowest BCUT2D eigenvalue weighted by atomic mass is 10.2. The number of nitrogens with zero attached hydrogens (tertiary/aromatic N) is 2. The normalized spacial score (nSPS) is 10.9. The number of ether oxygens (including phenoxy) is 2. The second-order valence-corrected chi connectivity index (χ2v) is 5.51. The van der Waals surface area contributed by atoms with Crippen LogP contribution in [-0.4, -0.2) is 44.9 Å². The summed E-state index contributed by atoms with van der Waals surface area (Å²) < 4.78 is 10.9. The standard InChI is InChI=1S/C17H26N2O2/c1-15(2)14-19(10-12-20-3)11-13-21-17-6-4-16(5-7-17)8-9-18/h4-7,15H,8,10-14H2,1-3H3. The Kier molecular flexibility index (Phi) is 8.49. The van der Waals surface area contributed by atoms with Crippen LogP contribution in [0.4, 0.5) is 0 Å². The fourth-order valence-electron chi connectivity index (χ4n) is 2.12. The van der Waals surface area contributed by atoms with Crippen LogP contribution >= 0.6 is 0 Å². The molecule has 0 atom stereocenters. The molecule has 0 radical (unpaired) electrons. The van der Waals surface area contributed by atoms with Crippen molar-refractivity contribution in [3.63, 3.8) is 0 Å². The molecule has 0 aliphatic heterocycles. The van der Waals surface area contributed by atoms with Gasteiger partial charge in [-0.1, -0.05) is 26.0 Å². The van der Waals surface area contributed by atoms with Crippen LogP contribution in [0, 0.1) is 17.2 Å². The van der Waals surface area contributed by atoms with Gasteiger partial charge in [0.15, 0.2) is 0 Å². The average molecular weight is 290 g/mol. The summed E-state index contributed by atoms with van der Waals surface area (Å²) in [4.78, 5) is 2.36. The number of rotatable bonds is 10. The SMILES string of the molecule is COCCN(CCOc1ccc(CC#N)cc1)CC(C)C. The quantitative estimate of drug-likeness (QED) is 0.664. The molecule has 0 aliphatic rings. The van der Waals surface area contributed by atoms with Crippen LogP contribution in [0.25, 0.3) is 0 Å². The largest absolute Gasteiger partial charge is 0.492 e. The minimum Gasteiger partial charge on any atom is -0.492 e. The van der Waals surface area contributed by atoms with Gasteiger partial charge < -0.3 is 9.47 Å². The Bertz CT molecular complexity index is 423. The lowest BCUT2D eigenvalue weighted by Gasteiger charge is -2.23. The van der Waals surface area contributed by atoms with Gasteiger partial charge in [-0.05, 0) is 23.6 Å². The second-order valence-electron chi connectivity index (χ2n) is 5.51. The first-order chi connectivity index (χ1) is 10.2. The van der Waals surface area contributed by atoms with Gasteiger partial charge in [0.1, 0.15) is 12.4 Å². The molecule has 0 amide bonds. The van der Waals surface area contributed by atoms with Crippen molar-refractivity contribution in [2.75, 3.05) is 40.0 Å². The number of methoxy groups -OCH3 is 1. The highest BCUT2D eigenvalue weighted by Gasteiger charge is 2.07. The monoisotopic (exact) mass is 290 g/mol. The predicted molar refractivity (Wildman–Crippen MR) is 84.4 cm³/mol. The van der Waals surface area contributed by atoms with Crippen LogP contribution in [0.3, 0.4) is 0 Å². The number of hydrogen-bond acceptors (Lipinski definition) is 4. The van der Waals surface area contributed by atoms with Gasteiger partial charge in [0.05, 0.1) is 19.1 Å². The van der Waals surface area contributed by atoms with Gasteiger partial charge >= 0.3 is 0 Å². The van der Waals surface area contributed by atoms with Gasteiger partial charge in [-0.3, -0.25) is 4.90 Å². The van der Waals surface area contributed by atoms with E-state index >= 15 is 0 Å². The number of nitriles is 1. The van der Waals surface area contributed by atoms with E-state index in [9.17, 15) is 0 Å².